The second-order valence-electron chi connectivity index (χ2n) is 5.56. The third kappa shape index (κ3) is 5.55. The molecule has 0 aromatic heterocycles. The number of likely N-dealkylation sites (N-methyl/N-ethyl adjacent to an activating group) is 2. The molecule has 0 fully saturated rings. The summed E-state index contributed by atoms with van der Waals surface area (Å²) in [6.45, 7) is 2.63. The Morgan fingerprint density at radius 2 is 1.86 bits per heavy atom. The highest BCUT2D eigenvalue weighted by Crippen LogP contribution is 2.33. The summed E-state index contributed by atoms with van der Waals surface area (Å²) in [5.74, 6) is 0. The molecular weight excluding hydrogens is 295 g/mol. The lowest BCUT2D eigenvalue weighted by atomic mass is 10.0. The molecule has 0 aliphatic rings. The SMILES string of the molecule is Cc1cccc(C(NC(=O)N(C)CCN(C)C)C(F)(F)F)c1. The maximum Gasteiger partial charge on any atom is 0.412 e. The largest absolute Gasteiger partial charge is 0.412 e. The molecular formula is C15H22F3N3O. The molecule has 2 amide bonds. The molecule has 4 nitrogen and oxygen atoms in total. The number of urea groups is 1. The average Bonchev–Trinajstić information content (AvgIpc) is 2.40. The monoisotopic (exact) mass is 317 g/mol. The number of halogens is 3. The number of aryl methyl sites for hydroxylation is 1. The second kappa shape index (κ2) is 7.49. The fourth-order valence-electron chi connectivity index (χ4n) is 1.89. The fourth-order valence-corrected chi connectivity index (χ4v) is 1.89. The highest BCUT2D eigenvalue weighted by atomic mass is 19.4. The molecule has 1 aromatic carbocycles. The Kier molecular flexibility index (Phi) is 6.22. The van der Waals surface area contributed by atoms with Gasteiger partial charge in [-0.1, -0.05) is 29.8 Å². The van der Waals surface area contributed by atoms with Crippen molar-refractivity contribution in [3.05, 3.63) is 35.4 Å². The van der Waals surface area contributed by atoms with Crippen LogP contribution in [-0.2, 0) is 0 Å². The van der Waals surface area contributed by atoms with E-state index in [0.29, 0.717) is 18.7 Å². The van der Waals surface area contributed by atoms with E-state index in [1.54, 1.807) is 19.1 Å². The van der Waals surface area contributed by atoms with Gasteiger partial charge in [0.05, 0.1) is 0 Å². The predicted octanol–water partition coefficient (Wildman–Crippen LogP) is 2.80. The van der Waals surface area contributed by atoms with Gasteiger partial charge in [-0.3, -0.25) is 0 Å². The van der Waals surface area contributed by atoms with E-state index in [2.05, 4.69) is 5.32 Å². The van der Waals surface area contributed by atoms with Gasteiger partial charge in [0.25, 0.3) is 0 Å². The van der Waals surface area contributed by atoms with Gasteiger partial charge in [-0.15, -0.1) is 0 Å². The molecule has 0 aliphatic heterocycles. The van der Waals surface area contributed by atoms with Crippen molar-refractivity contribution in [2.75, 3.05) is 34.2 Å². The van der Waals surface area contributed by atoms with Crippen LogP contribution in [0.1, 0.15) is 17.2 Å². The first-order valence-electron chi connectivity index (χ1n) is 6.91. The summed E-state index contributed by atoms with van der Waals surface area (Å²) in [7, 11) is 5.14. The van der Waals surface area contributed by atoms with E-state index in [0.717, 1.165) is 0 Å². The van der Waals surface area contributed by atoms with E-state index < -0.39 is 18.2 Å². The van der Waals surface area contributed by atoms with Crippen LogP contribution in [0.2, 0.25) is 0 Å². The molecule has 0 saturated carbocycles. The molecule has 1 unspecified atom stereocenters. The topological polar surface area (TPSA) is 35.6 Å². The standard InChI is InChI=1S/C15H22F3N3O/c1-11-6-5-7-12(10-11)13(15(16,17)18)19-14(22)21(4)9-8-20(2)3/h5-7,10,13H,8-9H2,1-4H3,(H,19,22). The van der Waals surface area contributed by atoms with Crippen LogP contribution in [0.5, 0.6) is 0 Å². The molecule has 7 heteroatoms. The summed E-state index contributed by atoms with van der Waals surface area (Å²) in [6, 6.07) is 3.30. The van der Waals surface area contributed by atoms with Crippen molar-refractivity contribution < 1.29 is 18.0 Å². The van der Waals surface area contributed by atoms with E-state index in [1.807, 2.05) is 19.0 Å². The minimum atomic E-state index is -4.55. The molecule has 124 valence electrons. The van der Waals surface area contributed by atoms with Gasteiger partial charge < -0.3 is 15.1 Å². The van der Waals surface area contributed by atoms with Gasteiger partial charge >= 0.3 is 12.2 Å². The Hall–Kier alpha value is -1.76. The minimum absolute atomic E-state index is 0.0295. The molecule has 0 saturated heterocycles. The van der Waals surface area contributed by atoms with Crippen molar-refractivity contribution in [3.63, 3.8) is 0 Å². The normalized spacial score (nSPS) is 13.1. The predicted molar refractivity (Wildman–Crippen MR) is 79.7 cm³/mol. The van der Waals surface area contributed by atoms with Crippen molar-refractivity contribution >= 4 is 6.03 Å². The molecule has 0 spiro atoms. The van der Waals surface area contributed by atoms with Gasteiger partial charge in [0, 0.05) is 20.1 Å². The molecule has 0 heterocycles. The van der Waals surface area contributed by atoms with Crippen LogP contribution in [0, 0.1) is 6.92 Å². The van der Waals surface area contributed by atoms with Crippen LogP contribution in [0.4, 0.5) is 18.0 Å². The molecule has 1 atom stereocenters. The highest BCUT2D eigenvalue weighted by molar-refractivity contribution is 5.74. The van der Waals surface area contributed by atoms with Gasteiger partial charge in [0.15, 0.2) is 6.04 Å². The number of hydrogen-bond acceptors (Lipinski definition) is 2. The van der Waals surface area contributed by atoms with Crippen molar-refractivity contribution in [3.8, 4) is 0 Å². The van der Waals surface area contributed by atoms with Crippen molar-refractivity contribution in [1.29, 1.82) is 0 Å². The quantitative estimate of drug-likeness (QED) is 0.906. The molecule has 1 N–H and O–H groups in total. The Morgan fingerprint density at radius 1 is 1.23 bits per heavy atom. The smallest absolute Gasteiger partial charge is 0.327 e. The number of hydrogen-bond donors (Lipinski definition) is 1. The van der Waals surface area contributed by atoms with Crippen LogP contribution in [0.25, 0.3) is 0 Å². The number of benzene rings is 1. The van der Waals surface area contributed by atoms with E-state index in [9.17, 15) is 18.0 Å². The number of rotatable bonds is 5. The van der Waals surface area contributed by atoms with Gasteiger partial charge in [0.2, 0.25) is 0 Å². The lowest BCUT2D eigenvalue weighted by molar-refractivity contribution is -0.155. The van der Waals surface area contributed by atoms with Crippen LogP contribution in [0.15, 0.2) is 24.3 Å². The number of nitrogens with one attached hydrogen (secondary N) is 1. The van der Waals surface area contributed by atoms with Crippen LogP contribution in [0.3, 0.4) is 0 Å². The van der Waals surface area contributed by atoms with E-state index in [4.69, 9.17) is 0 Å². The maximum absolute atomic E-state index is 13.2. The summed E-state index contributed by atoms with van der Waals surface area (Å²) in [4.78, 5) is 15.1. The van der Waals surface area contributed by atoms with Gasteiger partial charge in [0.1, 0.15) is 0 Å². The number of alkyl halides is 3. The summed E-state index contributed by atoms with van der Waals surface area (Å²) in [5, 5.41) is 2.07. The zero-order chi connectivity index (χ0) is 16.9. The van der Waals surface area contributed by atoms with Gasteiger partial charge in [-0.25, -0.2) is 4.79 Å². The summed E-state index contributed by atoms with van der Waals surface area (Å²) in [5.41, 5.74) is 0.740. The lowest BCUT2D eigenvalue weighted by Gasteiger charge is -2.26. The van der Waals surface area contributed by atoms with Crippen molar-refractivity contribution in [2.45, 2.75) is 19.1 Å². The number of carbonyl (C=O) groups is 1. The fraction of sp³-hybridized carbons (Fsp3) is 0.533. The first kappa shape index (κ1) is 18.3. The first-order chi connectivity index (χ1) is 10.1. The Morgan fingerprint density at radius 3 is 2.36 bits per heavy atom. The summed E-state index contributed by atoms with van der Waals surface area (Å²) in [6.07, 6.45) is -4.55. The molecule has 1 aromatic rings. The molecule has 0 aliphatic carbocycles. The van der Waals surface area contributed by atoms with E-state index >= 15 is 0 Å². The van der Waals surface area contributed by atoms with Crippen molar-refractivity contribution in [1.82, 2.24) is 15.1 Å². The van der Waals surface area contributed by atoms with E-state index in [1.165, 1.54) is 24.1 Å². The Bertz CT molecular complexity index is 503. The third-order valence-electron chi connectivity index (χ3n) is 3.20. The first-order valence-corrected chi connectivity index (χ1v) is 6.91. The highest BCUT2D eigenvalue weighted by Gasteiger charge is 2.42. The molecule has 0 radical (unpaired) electrons. The summed E-state index contributed by atoms with van der Waals surface area (Å²) >= 11 is 0. The lowest BCUT2D eigenvalue weighted by Crippen LogP contribution is -2.45. The number of nitrogens with zero attached hydrogens (tertiary/aromatic N) is 2. The Labute approximate surface area is 128 Å². The molecule has 22 heavy (non-hydrogen) atoms. The van der Waals surface area contributed by atoms with E-state index in [-0.39, 0.29) is 5.56 Å². The van der Waals surface area contributed by atoms with Crippen molar-refractivity contribution in [2.24, 2.45) is 0 Å². The zero-order valence-corrected chi connectivity index (χ0v) is 13.2. The Balaban J connectivity index is 2.85. The van der Waals surface area contributed by atoms with Crippen LogP contribution >= 0.6 is 0 Å². The van der Waals surface area contributed by atoms with Gasteiger partial charge in [-0.2, -0.15) is 13.2 Å². The zero-order valence-electron chi connectivity index (χ0n) is 13.2. The number of amides is 2. The van der Waals surface area contributed by atoms with Gasteiger partial charge in [-0.05, 0) is 26.6 Å². The third-order valence-corrected chi connectivity index (χ3v) is 3.20. The molecule has 0 bridgehead atoms. The molecule has 1 rings (SSSR count). The number of carbonyl (C=O) groups excluding carboxylic acids is 1. The second-order valence-corrected chi connectivity index (χ2v) is 5.56. The van der Waals surface area contributed by atoms with Crippen LogP contribution < -0.4 is 5.32 Å². The minimum Gasteiger partial charge on any atom is -0.327 e. The summed E-state index contributed by atoms with van der Waals surface area (Å²) < 4.78 is 39.7. The average molecular weight is 317 g/mol. The van der Waals surface area contributed by atoms with Crippen LogP contribution in [-0.4, -0.2) is 56.2 Å². The maximum atomic E-state index is 13.2.